The van der Waals surface area contributed by atoms with Crippen LogP contribution in [0.15, 0.2) is 64.4 Å². The fourth-order valence-electron chi connectivity index (χ4n) is 3.39. The van der Waals surface area contributed by atoms with Gasteiger partial charge >= 0.3 is 5.97 Å². The van der Waals surface area contributed by atoms with Gasteiger partial charge < -0.3 is 15.2 Å². The van der Waals surface area contributed by atoms with Gasteiger partial charge in [0.2, 0.25) is 0 Å². The van der Waals surface area contributed by atoms with Crippen LogP contribution in [0.4, 0.5) is 0 Å². The number of aryl methyl sites for hydroxylation is 1. The van der Waals surface area contributed by atoms with Crippen molar-refractivity contribution in [2.45, 2.75) is 23.1 Å². The Morgan fingerprint density at radius 2 is 1.85 bits per heavy atom. The zero-order valence-electron chi connectivity index (χ0n) is 18.2. The minimum atomic E-state index is -3.41. The first-order valence-electron chi connectivity index (χ1n) is 10.5. The molecule has 0 unspecified atom stereocenters. The molecule has 6 nitrogen and oxygen atoms in total. The van der Waals surface area contributed by atoms with Crippen molar-refractivity contribution in [2.75, 3.05) is 31.2 Å². The molecular formula is C24H26ClNO5S2. The van der Waals surface area contributed by atoms with Crippen LogP contribution in [-0.4, -0.2) is 50.7 Å². The zero-order chi connectivity index (χ0) is 23.8. The van der Waals surface area contributed by atoms with Crippen molar-refractivity contribution in [3.05, 3.63) is 65.2 Å². The van der Waals surface area contributed by atoms with Crippen LogP contribution in [0.3, 0.4) is 0 Å². The predicted octanol–water partition coefficient (Wildman–Crippen LogP) is 4.81. The van der Waals surface area contributed by atoms with Gasteiger partial charge in [-0.05, 0) is 55.8 Å². The number of fused-ring (bicyclic) bond motifs is 1. The van der Waals surface area contributed by atoms with Crippen molar-refractivity contribution < 1.29 is 23.1 Å². The number of thioether (sulfide) groups is 1. The Kier molecular flexibility index (Phi) is 9.02. The Morgan fingerprint density at radius 3 is 2.61 bits per heavy atom. The van der Waals surface area contributed by atoms with Crippen LogP contribution >= 0.6 is 23.4 Å². The van der Waals surface area contributed by atoms with E-state index in [1.165, 1.54) is 0 Å². The summed E-state index contributed by atoms with van der Waals surface area (Å²) in [4.78, 5) is 12.0. The number of ether oxygens (including phenoxy) is 1. The molecule has 0 bridgehead atoms. The topological polar surface area (TPSA) is 92.7 Å². The quantitative estimate of drug-likeness (QED) is 0.268. The van der Waals surface area contributed by atoms with Crippen LogP contribution in [0.1, 0.15) is 12.0 Å². The van der Waals surface area contributed by atoms with E-state index in [2.05, 4.69) is 5.32 Å². The van der Waals surface area contributed by atoms with Gasteiger partial charge in [-0.3, -0.25) is 0 Å². The molecule has 0 spiro atoms. The standard InChI is InChI=1S/C24H26ClNO5S2/c1-17-15-18(9-10-22(17)31-16-24(27)28)32-13-12-26-11-4-14-33(29,30)23-8-3-5-19-20(23)6-2-7-21(19)25/h2-3,5-10,15,26H,4,11-14,16H2,1H3,(H,27,28). The summed E-state index contributed by atoms with van der Waals surface area (Å²) in [5.74, 6) is 0.446. The molecule has 0 fully saturated rings. The minimum Gasteiger partial charge on any atom is -0.482 e. The second-order valence-corrected chi connectivity index (χ2v) is 11.1. The Balaban J connectivity index is 1.42. The van der Waals surface area contributed by atoms with E-state index in [1.54, 1.807) is 48.2 Å². The number of nitrogens with one attached hydrogen (secondary N) is 1. The number of hydrogen-bond acceptors (Lipinski definition) is 6. The molecule has 3 aromatic rings. The van der Waals surface area contributed by atoms with Gasteiger partial charge in [-0.25, -0.2) is 13.2 Å². The predicted molar refractivity (Wildman–Crippen MR) is 134 cm³/mol. The molecule has 0 amide bonds. The Bertz CT molecular complexity index is 1230. The molecule has 0 atom stereocenters. The molecule has 9 heteroatoms. The van der Waals surface area contributed by atoms with Gasteiger partial charge in [0.25, 0.3) is 0 Å². The second kappa shape index (κ2) is 11.7. The number of benzene rings is 3. The van der Waals surface area contributed by atoms with Crippen molar-refractivity contribution in [1.82, 2.24) is 5.32 Å². The largest absolute Gasteiger partial charge is 0.482 e. The van der Waals surface area contributed by atoms with E-state index < -0.39 is 15.8 Å². The highest BCUT2D eigenvalue weighted by molar-refractivity contribution is 7.99. The fraction of sp³-hybridized carbons (Fsp3) is 0.292. The Morgan fingerprint density at radius 1 is 1.09 bits per heavy atom. The summed E-state index contributed by atoms with van der Waals surface area (Å²) in [7, 11) is -3.41. The molecule has 33 heavy (non-hydrogen) atoms. The Labute approximate surface area is 203 Å². The lowest BCUT2D eigenvalue weighted by Gasteiger charge is -2.10. The molecule has 176 valence electrons. The number of carboxylic acids is 1. The van der Waals surface area contributed by atoms with Crippen LogP contribution < -0.4 is 10.1 Å². The van der Waals surface area contributed by atoms with E-state index in [0.717, 1.165) is 28.1 Å². The van der Waals surface area contributed by atoms with Crippen molar-refractivity contribution in [3.8, 4) is 5.75 Å². The van der Waals surface area contributed by atoms with Crippen molar-refractivity contribution in [1.29, 1.82) is 0 Å². The first-order chi connectivity index (χ1) is 15.8. The molecule has 0 aliphatic carbocycles. The summed E-state index contributed by atoms with van der Waals surface area (Å²) in [6.45, 7) is 2.86. The van der Waals surface area contributed by atoms with Gasteiger partial charge in [0, 0.05) is 33.0 Å². The maximum absolute atomic E-state index is 12.9. The molecule has 0 radical (unpaired) electrons. The average Bonchev–Trinajstić information content (AvgIpc) is 2.77. The van der Waals surface area contributed by atoms with E-state index in [-0.39, 0.29) is 12.4 Å². The van der Waals surface area contributed by atoms with Gasteiger partial charge in [-0.2, -0.15) is 0 Å². The lowest BCUT2D eigenvalue weighted by atomic mass is 10.1. The number of rotatable bonds is 12. The second-order valence-electron chi connectivity index (χ2n) is 7.47. The van der Waals surface area contributed by atoms with Crippen LogP contribution in [-0.2, 0) is 14.6 Å². The maximum atomic E-state index is 12.9. The smallest absolute Gasteiger partial charge is 0.341 e. The molecule has 3 rings (SSSR count). The number of halogens is 1. The summed E-state index contributed by atoms with van der Waals surface area (Å²) in [6, 6.07) is 16.1. The highest BCUT2D eigenvalue weighted by Gasteiger charge is 2.17. The first kappa shape index (κ1) is 25.4. The Hall–Kier alpha value is -2.26. The minimum absolute atomic E-state index is 0.0652. The highest BCUT2D eigenvalue weighted by Crippen LogP contribution is 2.29. The normalized spacial score (nSPS) is 11.6. The third-order valence-electron chi connectivity index (χ3n) is 4.98. The maximum Gasteiger partial charge on any atom is 0.341 e. The molecule has 0 saturated carbocycles. The molecule has 2 N–H and O–H groups in total. The fourth-order valence-corrected chi connectivity index (χ4v) is 6.08. The number of hydrogen-bond donors (Lipinski definition) is 2. The monoisotopic (exact) mass is 507 g/mol. The van der Waals surface area contributed by atoms with Gasteiger partial charge in [-0.1, -0.05) is 35.9 Å². The molecule has 0 aromatic heterocycles. The van der Waals surface area contributed by atoms with Gasteiger partial charge in [0.1, 0.15) is 5.75 Å². The van der Waals surface area contributed by atoms with E-state index in [9.17, 15) is 13.2 Å². The average molecular weight is 508 g/mol. The van der Waals surface area contributed by atoms with Crippen molar-refractivity contribution in [2.24, 2.45) is 0 Å². The van der Waals surface area contributed by atoms with E-state index in [1.807, 2.05) is 25.1 Å². The highest BCUT2D eigenvalue weighted by atomic mass is 35.5. The van der Waals surface area contributed by atoms with Gasteiger partial charge in [0.15, 0.2) is 16.4 Å². The van der Waals surface area contributed by atoms with Crippen LogP contribution in [0.25, 0.3) is 10.8 Å². The summed E-state index contributed by atoms with van der Waals surface area (Å²) < 4.78 is 30.9. The van der Waals surface area contributed by atoms with Crippen molar-refractivity contribution >= 4 is 49.9 Å². The van der Waals surface area contributed by atoms with Crippen LogP contribution in [0, 0.1) is 6.92 Å². The van der Waals surface area contributed by atoms with Crippen LogP contribution in [0.2, 0.25) is 5.02 Å². The molecule has 0 aliphatic heterocycles. The van der Waals surface area contributed by atoms with E-state index >= 15 is 0 Å². The SMILES string of the molecule is Cc1cc(SCCNCCCS(=O)(=O)c2cccc3c(Cl)cccc23)ccc1OCC(=O)O. The summed E-state index contributed by atoms with van der Waals surface area (Å²) in [5, 5.41) is 13.9. The first-order valence-corrected chi connectivity index (χ1v) is 13.5. The van der Waals surface area contributed by atoms with Crippen LogP contribution in [0.5, 0.6) is 5.75 Å². The van der Waals surface area contributed by atoms with E-state index in [4.69, 9.17) is 21.4 Å². The summed E-state index contributed by atoms with van der Waals surface area (Å²) in [6.07, 6.45) is 0.513. The van der Waals surface area contributed by atoms with E-state index in [0.29, 0.717) is 34.0 Å². The third kappa shape index (κ3) is 7.11. The number of carboxylic acid groups (broad SMARTS) is 1. The summed E-state index contributed by atoms with van der Waals surface area (Å²) in [5.41, 5.74) is 0.883. The molecule has 0 aliphatic rings. The lowest BCUT2D eigenvalue weighted by molar-refractivity contribution is -0.139. The van der Waals surface area contributed by atoms with Gasteiger partial charge in [-0.15, -0.1) is 11.8 Å². The summed E-state index contributed by atoms with van der Waals surface area (Å²) >= 11 is 7.87. The van der Waals surface area contributed by atoms with Gasteiger partial charge in [0.05, 0.1) is 10.6 Å². The third-order valence-corrected chi connectivity index (χ3v) is 8.15. The number of sulfone groups is 1. The zero-order valence-corrected chi connectivity index (χ0v) is 20.6. The van der Waals surface area contributed by atoms with Crippen molar-refractivity contribution in [3.63, 3.8) is 0 Å². The lowest BCUT2D eigenvalue weighted by Crippen LogP contribution is -2.21. The number of carbonyl (C=O) groups is 1. The molecule has 0 saturated heterocycles. The molecule has 0 heterocycles. The number of aliphatic carboxylic acids is 1. The molecular weight excluding hydrogens is 482 g/mol. The molecule has 3 aromatic carbocycles.